The van der Waals surface area contributed by atoms with Gasteiger partial charge in [0.2, 0.25) is 5.91 Å². The van der Waals surface area contributed by atoms with Gasteiger partial charge in [0.25, 0.3) is 0 Å². The predicted molar refractivity (Wildman–Crippen MR) is 85.5 cm³/mol. The number of anilines is 1. The summed E-state index contributed by atoms with van der Waals surface area (Å²) in [5, 5.41) is 2.96. The molecule has 0 aliphatic heterocycles. The van der Waals surface area contributed by atoms with Gasteiger partial charge in [0.1, 0.15) is 0 Å². The Kier molecular flexibility index (Phi) is 4.21. The molecule has 0 radical (unpaired) electrons. The van der Waals surface area contributed by atoms with Gasteiger partial charge in [-0.2, -0.15) is 0 Å². The van der Waals surface area contributed by atoms with Crippen molar-refractivity contribution in [2.45, 2.75) is 25.7 Å². The van der Waals surface area contributed by atoms with Gasteiger partial charge in [-0.05, 0) is 47.6 Å². The molecule has 0 unspecified atom stereocenters. The van der Waals surface area contributed by atoms with E-state index in [0.29, 0.717) is 4.99 Å². The second-order valence-electron chi connectivity index (χ2n) is 4.59. The fourth-order valence-electron chi connectivity index (χ4n) is 2.37. The Morgan fingerprint density at radius 1 is 1.33 bits per heavy atom. The highest BCUT2D eigenvalue weighted by atomic mass is 127. The Morgan fingerprint density at radius 2 is 1.94 bits per heavy atom. The lowest BCUT2D eigenvalue weighted by molar-refractivity contribution is -0.122. The number of hydrogen-bond donors (Lipinski definition) is 2. The lowest BCUT2D eigenvalue weighted by Gasteiger charge is -2.26. The first-order valence-corrected chi connectivity index (χ1v) is 7.41. The summed E-state index contributed by atoms with van der Waals surface area (Å²) in [6.45, 7) is 0. The topological polar surface area (TPSA) is 55.1 Å². The van der Waals surface area contributed by atoms with Crippen molar-refractivity contribution < 1.29 is 4.79 Å². The molecule has 1 aromatic carbocycles. The quantitative estimate of drug-likeness (QED) is 0.632. The summed E-state index contributed by atoms with van der Waals surface area (Å²) < 4.78 is 1.01. The van der Waals surface area contributed by atoms with Gasteiger partial charge >= 0.3 is 0 Å². The van der Waals surface area contributed by atoms with E-state index in [2.05, 4.69) is 27.9 Å². The van der Waals surface area contributed by atoms with Crippen molar-refractivity contribution in [3.8, 4) is 0 Å². The molecule has 1 aromatic rings. The van der Waals surface area contributed by atoms with Crippen LogP contribution in [-0.2, 0) is 4.79 Å². The highest BCUT2D eigenvalue weighted by Gasteiger charge is 2.44. The van der Waals surface area contributed by atoms with Crippen LogP contribution in [0.25, 0.3) is 0 Å². The fourth-order valence-corrected chi connectivity index (χ4v) is 3.19. The Hall–Kier alpha value is -0.690. The molecule has 1 saturated carbocycles. The smallest absolute Gasteiger partial charge is 0.237 e. The molecule has 1 aliphatic carbocycles. The van der Waals surface area contributed by atoms with E-state index in [9.17, 15) is 4.79 Å². The Labute approximate surface area is 126 Å². The molecule has 0 atom stereocenters. The van der Waals surface area contributed by atoms with Crippen molar-refractivity contribution in [3.63, 3.8) is 0 Å². The average molecular weight is 374 g/mol. The molecule has 1 fully saturated rings. The van der Waals surface area contributed by atoms with Gasteiger partial charge < -0.3 is 11.1 Å². The van der Waals surface area contributed by atoms with Crippen molar-refractivity contribution in [3.05, 3.63) is 27.8 Å². The molecule has 0 heterocycles. The minimum atomic E-state index is -0.645. The van der Waals surface area contributed by atoms with Crippen LogP contribution < -0.4 is 11.1 Å². The Morgan fingerprint density at radius 3 is 2.50 bits per heavy atom. The Balaban J connectivity index is 2.21. The highest BCUT2D eigenvalue weighted by Crippen LogP contribution is 2.39. The van der Waals surface area contributed by atoms with E-state index >= 15 is 0 Å². The molecule has 0 spiro atoms. The number of nitrogens with one attached hydrogen (secondary N) is 1. The third-order valence-electron chi connectivity index (χ3n) is 3.49. The monoisotopic (exact) mass is 374 g/mol. The number of thiocarbonyl (C=S) groups is 1. The number of amides is 1. The summed E-state index contributed by atoms with van der Waals surface area (Å²) in [4.78, 5) is 12.8. The molecule has 18 heavy (non-hydrogen) atoms. The molecular weight excluding hydrogens is 359 g/mol. The van der Waals surface area contributed by atoms with E-state index in [1.165, 1.54) is 0 Å². The van der Waals surface area contributed by atoms with Crippen molar-refractivity contribution in [1.29, 1.82) is 0 Å². The van der Waals surface area contributed by atoms with Crippen molar-refractivity contribution in [2.24, 2.45) is 11.1 Å². The van der Waals surface area contributed by atoms with Gasteiger partial charge in [-0.25, -0.2) is 0 Å². The first-order valence-electron chi connectivity index (χ1n) is 5.92. The molecule has 2 rings (SSSR count). The summed E-state index contributed by atoms with van der Waals surface area (Å²) >= 11 is 7.31. The van der Waals surface area contributed by atoms with Crippen LogP contribution in [0.15, 0.2) is 24.3 Å². The summed E-state index contributed by atoms with van der Waals surface area (Å²) in [7, 11) is 0. The lowest BCUT2D eigenvalue weighted by Crippen LogP contribution is -2.44. The van der Waals surface area contributed by atoms with E-state index in [-0.39, 0.29) is 5.91 Å². The summed E-state index contributed by atoms with van der Waals surface area (Å²) in [5.41, 5.74) is 5.97. The number of carbonyl (C=O) groups excluding carboxylic acids is 1. The van der Waals surface area contributed by atoms with Gasteiger partial charge in [0, 0.05) is 3.57 Å². The van der Waals surface area contributed by atoms with Crippen LogP contribution in [0.1, 0.15) is 25.7 Å². The third kappa shape index (κ3) is 2.51. The second kappa shape index (κ2) is 5.52. The maximum atomic E-state index is 12.4. The molecule has 96 valence electrons. The van der Waals surface area contributed by atoms with Crippen LogP contribution in [0.4, 0.5) is 5.69 Å². The molecule has 1 aliphatic rings. The van der Waals surface area contributed by atoms with E-state index in [1.807, 2.05) is 24.3 Å². The molecule has 1 amide bonds. The molecule has 0 bridgehead atoms. The van der Waals surface area contributed by atoms with Crippen LogP contribution in [-0.4, -0.2) is 10.9 Å². The van der Waals surface area contributed by atoms with Crippen LogP contribution in [0.2, 0.25) is 0 Å². The number of nitrogens with two attached hydrogens (primary N) is 1. The molecular formula is C13H15IN2OS. The van der Waals surface area contributed by atoms with E-state index < -0.39 is 5.41 Å². The first-order chi connectivity index (χ1) is 8.56. The second-order valence-corrected chi connectivity index (χ2v) is 6.19. The maximum absolute atomic E-state index is 12.4. The number of carbonyl (C=O) groups is 1. The number of halogens is 1. The Bertz CT molecular complexity index is 484. The van der Waals surface area contributed by atoms with Crippen molar-refractivity contribution >= 4 is 51.4 Å². The lowest BCUT2D eigenvalue weighted by atomic mass is 9.85. The van der Waals surface area contributed by atoms with Gasteiger partial charge in [0.05, 0.1) is 16.1 Å². The zero-order chi connectivity index (χ0) is 13.2. The van der Waals surface area contributed by atoms with Gasteiger partial charge in [-0.15, -0.1) is 0 Å². The SMILES string of the molecule is NC(=S)C1(C(=O)Nc2ccccc2I)CCCC1. The van der Waals surface area contributed by atoms with Crippen molar-refractivity contribution in [2.75, 3.05) is 5.32 Å². The summed E-state index contributed by atoms with van der Waals surface area (Å²) in [5.74, 6) is -0.0587. The summed E-state index contributed by atoms with van der Waals surface area (Å²) in [6.07, 6.45) is 3.54. The standard InChI is InChI=1S/C13H15IN2OS/c14-9-5-1-2-6-10(9)16-12(17)13(11(15)18)7-3-4-8-13/h1-2,5-6H,3-4,7-8H2,(H2,15,18)(H,16,17). The van der Waals surface area contributed by atoms with E-state index in [1.54, 1.807) is 0 Å². The van der Waals surface area contributed by atoms with Crippen molar-refractivity contribution in [1.82, 2.24) is 0 Å². The van der Waals surface area contributed by atoms with Crippen LogP contribution in [0, 0.1) is 8.99 Å². The number of benzene rings is 1. The van der Waals surface area contributed by atoms with Gasteiger partial charge in [-0.3, -0.25) is 4.79 Å². The number of para-hydroxylation sites is 1. The molecule has 5 heteroatoms. The van der Waals surface area contributed by atoms with Crippen LogP contribution >= 0.6 is 34.8 Å². The highest BCUT2D eigenvalue weighted by molar-refractivity contribution is 14.1. The van der Waals surface area contributed by atoms with E-state index in [4.69, 9.17) is 18.0 Å². The molecule has 3 nitrogen and oxygen atoms in total. The van der Waals surface area contributed by atoms with Gasteiger partial charge in [0.15, 0.2) is 0 Å². The van der Waals surface area contributed by atoms with Gasteiger partial charge in [-0.1, -0.05) is 37.2 Å². The molecule has 0 saturated heterocycles. The zero-order valence-corrected chi connectivity index (χ0v) is 12.9. The molecule has 3 N–H and O–H groups in total. The van der Waals surface area contributed by atoms with Crippen LogP contribution in [0.5, 0.6) is 0 Å². The maximum Gasteiger partial charge on any atom is 0.237 e. The minimum absolute atomic E-state index is 0.0587. The molecule has 0 aromatic heterocycles. The van der Waals surface area contributed by atoms with Crippen LogP contribution in [0.3, 0.4) is 0 Å². The number of hydrogen-bond acceptors (Lipinski definition) is 2. The number of rotatable bonds is 3. The third-order valence-corrected chi connectivity index (χ3v) is 4.82. The normalized spacial score (nSPS) is 17.4. The predicted octanol–water partition coefficient (Wildman–Crippen LogP) is 3.08. The summed E-state index contributed by atoms with van der Waals surface area (Å²) in [6, 6.07) is 7.69. The fraction of sp³-hybridized carbons (Fsp3) is 0.385. The largest absolute Gasteiger partial charge is 0.392 e. The zero-order valence-electron chi connectivity index (χ0n) is 9.91. The van der Waals surface area contributed by atoms with E-state index in [0.717, 1.165) is 34.9 Å². The average Bonchev–Trinajstić information content (AvgIpc) is 2.82. The minimum Gasteiger partial charge on any atom is -0.392 e. The first kappa shape index (κ1) is 13.7.